The second-order valence-electron chi connectivity index (χ2n) is 8.13. The highest BCUT2D eigenvalue weighted by atomic mass is 35.5. The summed E-state index contributed by atoms with van der Waals surface area (Å²) in [5.74, 6) is -2.13. The molecule has 1 saturated heterocycles. The van der Waals surface area contributed by atoms with Gasteiger partial charge in [0.2, 0.25) is 0 Å². The highest BCUT2D eigenvalue weighted by Crippen LogP contribution is 2.42. The van der Waals surface area contributed by atoms with Crippen LogP contribution in [-0.4, -0.2) is 57.0 Å². The van der Waals surface area contributed by atoms with Crippen LogP contribution in [0.3, 0.4) is 0 Å². The third kappa shape index (κ3) is 4.57. The molecule has 0 saturated carbocycles. The Balaban J connectivity index is 1.43. The number of nitrogens with zero attached hydrogens (tertiary/aromatic N) is 6. The molecule has 0 atom stereocenters. The van der Waals surface area contributed by atoms with E-state index in [1.807, 2.05) is 11.0 Å². The molecule has 0 radical (unpaired) electrons. The number of anilines is 1. The molecule has 186 valence electrons. The number of benzene rings is 2. The van der Waals surface area contributed by atoms with Crippen LogP contribution in [0.15, 0.2) is 47.9 Å². The quantitative estimate of drug-likeness (QED) is 0.298. The number of carbonyl (C=O) groups is 1. The van der Waals surface area contributed by atoms with Gasteiger partial charge in [0.05, 0.1) is 16.1 Å². The number of phenolic OH excluding ortho intramolecular Hbond substituents is 1. The van der Waals surface area contributed by atoms with E-state index >= 15 is 4.39 Å². The SMILES string of the molecule is N#C/C(=C\c1cncs1)C(=O)N1CCN(c2ncnc3c(F)c(-c4c(O)cccc4F)c(Cl)cc23)CC1. The first-order valence-electron chi connectivity index (χ1n) is 11.0. The van der Waals surface area contributed by atoms with E-state index in [1.165, 1.54) is 41.9 Å². The Labute approximate surface area is 218 Å². The molecule has 1 aliphatic rings. The van der Waals surface area contributed by atoms with Crippen LogP contribution in [0, 0.1) is 23.0 Å². The summed E-state index contributed by atoms with van der Waals surface area (Å²) < 4.78 is 30.1. The van der Waals surface area contributed by atoms with E-state index in [2.05, 4.69) is 15.0 Å². The van der Waals surface area contributed by atoms with E-state index in [0.717, 1.165) is 6.07 Å². The van der Waals surface area contributed by atoms with Crippen molar-refractivity contribution in [3.63, 3.8) is 0 Å². The van der Waals surface area contributed by atoms with Crippen molar-refractivity contribution in [2.24, 2.45) is 0 Å². The number of nitriles is 1. The first-order chi connectivity index (χ1) is 17.9. The molecule has 1 amide bonds. The maximum Gasteiger partial charge on any atom is 0.264 e. The number of aromatic hydroxyl groups is 1. The van der Waals surface area contributed by atoms with Gasteiger partial charge in [-0.05, 0) is 24.3 Å². The standard InChI is InChI=1S/C25H17ClF2N6O2S/c26-17-9-16-23(22(28)20(17)21-18(27)2-1-3-19(21)35)31-12-32-24(16)33-4-6-34(7-5-33)25(36)14(10-29)8-15-11-30-13-37-15/h1-3,8-9,11-13,35H,4-7H2/b14-8+. The summed E-state index contributed by atoms with van der Waals surface area (Å²) in [4.78, 5) is 29.3. The number of rotatable bonds is 4. The van der Waals surface area contributed by atoms with E-state index in [9.17, 15) is 19.6 Å². The zero-order valence-electron chi connectivity index (χ0n) is 19.0. The molecule has 0 spiro atoms. The number of aromatic nitrogens is 3. The second kappa shape index (κ2) is 10.1. The molecule has 12 heteroatoms. The summed E-state index contributed by atoms with van der Waals surface area (Å²) in [6, 6.07) is 7.05. The third-order valence-corrected chi connectivity index (χ3v) is 7.02. The predicted molar refractivity (Wildman–Crippen MR) is 136 cm³/mol. The number of carbonyl (C=O) groups excluding carboxylic acids is 1. The number of hydrogen-bond donors (Lipinski definition) is 1. The number of hydrogen-bond acceptors (Lipinski definition) is 8. The lowest BCUT2D eigenvalue weighted by Crippen LogP contribution is -2.49. The minimum Gasteiger partial charge on any atom is -0.507 e. The van der Waals surface area contributed by atoms with Gasteiger partial charge in [0.25, 0.3) is 5.91 Å². The van der Waals surface area contributed by atoms with E-state index < -0.39 is 17.4 Å². The number of phenols is 1. The molecule has 37 heavy (non-hydrogen) atoms. The van der Waals surface area contributed by atoms with Gasteiger partial charge in [-0.2, -0.15) is 5.26 Å². The van der Waals surface area contributed by atoms with Crippen molar-refractivity contribution in [2.75, 3.05) is 31.1 Å². The van der Waals surface area contributed by atoms with Crippen LogP contribution >= 0.6 is 22.9 Å². The summed E-state index contributed by atoms with van der Waals surface area (Å²) >= 11 is 7.71. The molecule has 2 aromatic carbocycles. The first kappa shape index (κ1) is 24.5. The van der Waals surface area contributed by atoms with Gasteiger partial charge in [-0.15, -0.1) is 11.3 Å². The molecule has 8 nitrogen and oxygen atoms in total. The Hall–Kier alpha value is -4.14. The third-order valence-electron chi connectivity index (χ3n) is 6.00. The molecule has 1 fully saturated rings. The lowest BCUT2D eigenvalue weighted by atomic mass is 10.0. The largest absolute Gasteiger partial charge is 0.507 e. The van der Waals surface area contributed by atoms with Crippen molar-refractivity contribution in [2.45, 2.75) is 0 Å². The molecule has 3 heterocycles. The smallest absolute Gasteiger partial charge is 0.264 e. The van der Waals surface area contributed by atoms with Gasteiger partial charge < -0.3 is 14.9 Å². The van der Waals surface area contributed by atoms with Crippen LogP contribution < -0.4 is 4.90 Å². The Morgan fingerprint density at radius 3 is 2.65 bits per heavy atom. The fourth-order valence-electron chi connectivity index (χ4n) is 4.23. The summed E-state index contributed by atoms with van der Waals surface area (Å²) in [6.07, 6.45) is 4.29. The Kier molecular flexibility index (Phi) is 6.69. The van der Waals surface area contributed by atoms with Crippen molar-refractivity contribution >= 4 is 51.6 Å². The van der Waals surface area contributed by atoms with E-state index in [4.69, 9.17) is 11.6 Å². The highest BCUT2D eigenvalue weighted by molar-refractivity contribution is 7.10. The maximum atomic E-state index is 15.6. The van der Waals surface area contributed by atoms with Crippen molar-refractivity contribution in [1.82, 2.24) is 19.9 Å². The van der Waals surface area contributed by atoms with Crippen LogP contribution in [0.1, 0.15) is 4.88 Å². The van der Waals surface area contributed by atoms with Gasteiger partial charge >= 0.3 is 0 Å². The molecule has 5 rings (SSSR count). The summed E-state index contributed by atoms with van der Waals surface area (Å²) in [7, 11) is 0. The van der Waals surface area contributed by atoms with Crippen LogP contribution in [0.4, 0.5) is 14.6 Å². The second-order valence-corrected chi connectivity index (χ2v) is 9.45. The monoisotopic (exact) mass is 538 g/mol. The molecular weight excluding hydrogens is 522 g/mol. The van der Waals surface area contributed by atoms with Crippen molar-refractivity contribution in [1.29, 1.82) is 5.26 Å². The highest BCUT2D eigenvalue weighted by Gasteiger charge is 2.27. The molecule has 1 N–H and O–H groups in total. The summed E-state index contributed by atoms with van der Waals surface area (Å²) in [5, 5.41) is 19.8. The van der Waals surface area contributed by atoms with Gasteiger partial charge in [-0.1, -0.05) is 17.7 Å². The number of amides is 1. The lowest BCUT2D eigenvalue weighted by Gasteiger charge is -2.35. The zero-order valence-corrected chi connectivity index (χ0v) is 20.6. The average molecular weight is 539 g/mol. The molecule has 0 bridgehead atoms. The Morgan fingerprint density at radius 1 is 1.19 bits per heavy atom. The lowest BCUT2D eigenvalue weighted by molar-refractivity contribution is -0.126. The first-order valence-corrected chi connectivity index (χ1v) is 12.3. The van der Waals surface area contributed by atoms with Crippen molar-refractivity contribution < 1.29 is 18.7 Å². The molecule has 4 aromatic rings. The molecule has 2 aromatic heterocycles. The molecule has 0 unspecified atom stereocenters. The number of piperazine rings is 1. The van der Waals surface area contributed by atoms with Crippen molar-refractivity contribution in [3.8, 4) is 22.9 Å². The van der Waals surface area contributed by atoms with Crippen molar-refractivity contribution in [3.05, 3.63) is 69.4 Å². The fourth-order valence-corrected chi connectivity index (χ4v) is 5.07. The Morgan fingerprint density at radius 2 is 1.97 bits per heavy atom. The maximum absolute atomic E-state index is 15.6. The van der Waals surface area contributed by atoms with Gasteiger partial charge in [0.1, 0.15) is 40.9 Å². The van der Waals surface area contributed by atoms with Gasteiger partial charge in [-0.25, -0.2) is 18.7 Å². The van der Waals surface area contributed by atoms with E-state index in [1.54, 1.807) is 16.6 Å². The van der Waals surface area contributed by atoms with Gasteiger partial charge in [-0.3, -0.25) is 9.78 Å². The van der Waals surface area contributed by atoms with Crippen LogP contribution in [0.2, 0.25) is 5.02 Å². The van der Waals surface area contributed by atoms with Gasteiger partial charge in [0, 0.05) is 48.2 Å². The number of thiazole rings is 1. The fraction of sp³-hybridized carbons (Fsp3) is 0.160. The van der Waals surface area contributed by atoms with Crippen LogP contribution in [0.25, 0.3) is 28.1 Å². The predicted octanol–water partition coefficient (Wildman–Crippen LogP) is 4.65. The van der Waals surface area contributed by atoms with Crippen LogP contribution in [0.5, 0.6) is 5.75 Å². The molecule has 1 aliphatic heterocycles. The van der Waals surface area contributed by atoms with E-state index in [0.29, 0.717) is 42.3 Å². The number of halogens is 3. The summed E-state index contributed by atoms with van der Waals surface area (Å²) in [5.41, 5.74) is 0.918. The normalized spacial score (nSPS) is 14.2. The summed E-state index contributed by atoms with van der Waals surface area (Å²) in [6.45, 7) is 1.35. The topological polar surface area (TPSA) is 106 Å². The van der Waals surface area contributed by atoms with Gasteiger partial charge in [0.15, 0.2) is 5.82 Å². The minimum absolute atomic E-state index is 0.0166. The average Bonchev–Trinajstić information content (AvgIpc) is 3.42. The van der Waals surface area contributed by atoms with E-state index in [-0.39, 0.29) is 33.1 Å². The Bertz CT molecular complexity index is 1560. The number of fused-ring (bicyclic) bond motifs is 1. The minimum atomic E-state index is -0.882. The molecule has 0 aliphatic carbocycles. The molecular formula is C25H17ClF2N6O2S. The zero-order chi connectivity index (χ0) is 26.1. The van der Waals surface area contributed by atoms with Crippen LogP contribution in [-0.2, 0) is 4.79 Å².